The Labute approximate surface area is 148 Å². The first-order valence-corrected chi connectivity index (χ1v) is 8.27. The summed E-state index contributed by atoms with van der Waals surface area (Å²) in [6.45, 7) is 0.810. The molecule has 5 heteroatoms. The number of hydrogen-bond acceptors (Lipinski definition) is 4. The monoisotopic (exact) mass is 385 g/mol. The molecule has 0 amide bonds. The highest BCUT2D eigenvalue weighted by atomic mass is 79.9. The number of fused-ring (bicyclic) bond motifs is 1. The maximum Gasteiger partial charge on any atom is 0.129 e. The Morgan fingerprint density at radius 1 is 0.917 bits per heavy atom. The van der Waals surface area contributed by atoms with Gasteiger partial charge in [-0.1, -0.05) is 51.4 Å². The van der Waals surface area contributed by atoms with Crippen LogP contribution in [0.3, 0.4) is 0 Å². The SMILES string of the molecule is ON=Cc1c(OCCOc2ccc(Br)cc2)ccc2ccccc12. The number of ether oxygens (including phenoxy) is 2. The van der Waals surface area contributed by atoms with Crippen LogP contribution in [0, 0.1) is 0 Å². The Balaban J connectivity index is 1.68. The normalized spacial score (nSPS) is 11.0. The maximum absolute atomic E-state index is 8.93. The number of benzene rings is 3. The summed E-state index contributed by atoms with van der Waals surface area (Å²) in [5, 5.41) is 14.1. The standard InChI is InChI=1S/C19H16BrNO3/c20-15-6-8-16(9-7-15)23-11-12-24-19-10-5-14-3-1-2-4-17(14)18(19)13-21-22/h1-10,13,22H,11-12H2. The molecule has 1 N–H and O–H groups in total. The molecule has 122 valence electrons. The van der Waals surface area contributed by atoms with Gasteiger partial charge in [0.05, 0.1) is 6.21 Å². The number of oxime groups is 1. The largest absolute Gasteiger partial charge is 0.490 e. The van der Waals surface area contributed by atoms with E-state index in [9.17, 15) is 0 Å². The molecule has 3 aromatic rings. The van der Waals surface area contributed by atoms with Gasteiger partial charge in [-0.15, -0.1) is 0 Å². The average Bonchev–Trinajstić information content (AvgIpc) is 2.62. The lowest BCUT2D eigenvalue weighted by Crippen LogP contribution is -2.10. The first-order chi connectivity index (χ1) is 11.8. The molecule has 24 heavy (non-hydrogen) atoms. The van der Waals surface area contributed by atoms with Crippen LogP contribution in [0.1, 0.15) is 5.56 Å². The van der Waals surface area contributed by atoms with Crippen molar-refractivity contribution in [1.29, 1.82) is 0 Å². The summed E-state index contributed by atoms with van der Waals surface area (Å²) in [4.78, 5) is 0. The van der Waals surface area contributed by atoms with Gasteiger partial charge in [0.25, 0.3) is 0 Å². The zero-order chi connectivity index (χ0) is 16.8. The third-order valence-electron chi connectivity index (χ3n) is 3.54. The molecule has 0 fully saturated rings. The fourth-order valence-electron chi connectivity index (χ4n) is 2.43. The second kappa shape index (κ2) is 7.84. The van der Waals surface area contributed by atoms with Gasteiger partial charge in [0.15, 0.2) is 0 Å². The van der Waals surface area contributed by atoms with Crippen LogP contribution in [-0.2, 0) is 0 Å². The van der Waals surface area contributed by atoms with E-state index in [1.54, 1.807) is 0 Å². The van der Waals surface area contributed by atoms with Crippen molar-refractivity contribution >= 4 is 32.9 Å². The lowest BCUT2D eigenvalue weighted by molar-refractivity contribution is 0.217. The first-order valence-electron chi connectivity index (χ1n) is 7.48. The van der Waals surface area contributed by atoms with Crippen LogP contribution >= 0.6 is 15.9 Å². The molecule has 0 bridgehead atoms. The van der Waals surface area contributed by atoms with Crippen molar-refractivity contribution in [2.45, 2.75) is 0 Å². The summed E-state index contributed by atoms with van der Waals surface area (Å²) < 4.78 is 12.5. The first kappa shape index (κ1) is 16.3. The smallest absolute Gasteiger partial charge is 0.129 e. The molecule has 0 heterocycles. The van der Waals surface area contributed by atoms with E-state index in [0.29, 0.717) is 19.0 Å². The van der Waals surface area contributed by atoms with Crippen LogP contribution in [0.15, 0.2) is 70.3 Å². The minimum atomic E-state index is 0.390. The topological polar surface area (TPSA) is 51.1 Å². The molecule has 3 rings (SSSR count). The van der Waals surface area contributed by atoms with Crippen molar-refractivity contribution in [2.75, 3.05) is 13.2 Å². The number of hydrogen-bond donors (Lipinski definition) is 1. The van der Waals surface area contributed by atoms with E-state index in [2.05, 4.69) is 21.1 Å². The van der Waals surface area contributed by atoms with E-state index in [4.69, 9.17) is 14.7 Å². The Morgan fingerprint density at radius 2 is 1.67 bits per heavy atom. The molecule has 0 aliphatic carbocycles. The highest BCUT2D eigenvalue weighted by molar-refractivity contribution is 9.10. The summed E-state index contributed by atoms with van der Waals surface area (Å²) in [5.41, 5.74) is 0.749. The quantitative estimate of drug-likeness (QED) is 0.285. The van der Waals surface area contributed by atoms with Gasteiger partial charge in [0.1, 0.15) is 24.7 Å². The summed E-state index contributed by atoms with van der Waals surface area (Å²) in [6, 6.07) is 19.4. The van der Waals surface area contributed by atoms with E-state index in [-0.39, 0.29) is 0 Å². The van der Waals surface area contributed by atoms with E-state index >= 15 is 0 Å². The Bertz CT molecular complexity index is 847. The van der Waals surface area contributed by atoms with E-state index < -0.39 is 0 Å². The fourth-order valence-corrected chi connectivity index (χ4v) is 2.70. The van der Waals surface area contributed by atoms with Crippen LogP contribution < -0.4 is 9.47 Å². The van der Waals surface area contributed by atoms with Crippen molar-refractivity contribution in [1.82, 2.24) is 0 Å². The minimum absolute atomic E-state index is 0.390. The van der Waals surface area contributed by atoms with Crippen LogP contribution in [0.2, 0.25) is 0 Å². The third kappa shape index (κ3) is 3.86. The van der Waals surface area contributed by atoms with Crippen LogP contribution in [0.25, 0.3) is 10.8 Å². The van der Waals surface area contributed by atoms with Crippen molar-refractivity contribution < 1.29 is 14.7 Å². The van der Waals surface area contributed by atoms with Crippen LogP contribution in [0.5, 0.6) is 11.5 Å². The second-order valence-electron chi connectivity index (χ2n) is 5.09. The predicted octanol–water partition coefficient (Wildman–Crippen LogP) is 4.87. The van der Waals surface area contributed by atoms with Gasteiger partial charge in [0.2, 0.25) is 0 Å². The van der Waals surface area contributed by atoms with E-state index in [1.807, 2.05) is 60.7 Å². The zero-order valence-electron chi connectivity index (χ0n) is 12.9. The average molecular weight is 386 g/mol. The molecular formula is C19H16BrNO3. The van der Waals surface area contributed by atoms with Gasteiger partial charge in [0, 0.05) is 10.0 Å². The maximum atomic E-state index is 8.93. The number of halogens is 1. The van der Waals surface area contributed by atoms with Gasteiger partial charge in [-0.2, -0.15) is 0 Å². The predicted molar refractivity (Wildman–Crippen MR) is 98.5 cm³/mol. The van der Waals surface area contributed by atoms with Gasteiger partial charge >= 0.3 is 0 Å². The third-order valence-corrected chi connectivity index (χ3v) is 4.07. The van der Waals surface area contributed by atoms with Crippen molar-refractivity contribution in [2.24, 2.45) is 5.16 Å². The molecule has 0 aromatic heterocycles. The number of nitrogens with zero attached hydrogens (tertiary/aromatic N) is 1. The summed E-state index contributed by atoms with van der Waals surface area (Å²) in [6.07, 6.45) is 1.40. The van der Waals surface area contributed by atoms with Gasteiger partial charge in [-0.25, -0.2) is 0 Å². The van der Waals surface area contributed by atoms with Crippen LogP contribution in [-0.4, -0.2) is 24.6 Å². The molecule has 4 nitrogen and oxygen atoms in total. The Hall–Kier alpha value is -2.53. The Kier molecular flexibility index (Phi) is 5.33. The van der Waals surface area contributed by atoms with E-state index in [0.717, 1.165) is 26.6 Å². The molecule has 0 saturated carbocycles. The molecule has 3 aromatic carbocycles. The molecule has 0 radical (unpaired) electrons. The Morgan fingerprint density at radius 3 is 2.46 bits per heavy atom. The zero-order valence-corrected chi connectivity index (χ0v) is 14.4. The van der Waals surface area contributed by atoms with Crippen LogP contribution in [0.4, 0.5) is 0 Å². The van der Waals surface area contributed by atoms with E-state index in [1.165, 1.54) is 6.21 Å². The summed E-state index contributed by atoms with van der Waals surface area (Å²) in [5.74, 6) is 1.45. The molecule has 0 aliphatic rings. The number of rotatable bonds is 6. The minimum Gasteiger partial charge on any atom is -0.490 e. The lowest BCUT2D eigenvalue weighted by atomic mass is 10.0. The molecule has 0 spiro atoms. The van der Waals surface area contributed by atoms with Crippen molar-refractivity contribution in [3.8, 4) is 11.5 Å². The van der Waals surface area contributed by atoms with Gasteiger partial charge in [-0.3, -0.25) is 0 Å². The molecule has 0 unspecified atom stereocenters. The van der Waals surface area contributed by atoms with Crippen molar-refractivity contribution in [3.63, 3.8) is 0 Å². The molecular weight excluding hydrogens is 370 g/mol. The molecule has 0 atom stereocenters. The highest BCUT2D eigenvalue weighted by Crippen LogP contribution is 2.26. The second-order valence-corrected chi connectivity index (χ2v) is 6.01. The fraction of sp³-hybridized carbons (Fsp3) is 0.105. The van der Waals surface area contributed by atoms with Gasteiger partial charge < -0.3 is 14.7 Å². The summed E-state index contributed by atoms with van der Waals surface area (Å²) >= 11 is 3.39. The highest BCUT2D eigenvalue weighted by Gasteiger charge is 2.07. The summed E-state index contributed by atoms with van der Waals surface area (Å²) in [7, 11) is 0. The van der Waals surface area contributed by atoms with Crippen molar-refractivity contribution in [3.05, 3.63) is 70.7 Å². The van der Waals surface area contributed by atoms with Gasteiger partial charge in [-0.05, 0) is 41.1 Å². The molecule has 0 aliphatic heterocycles. The lowest BCUT2D eigenvalue weighted by Gasteiger charge is -2.12. The molecule has 0 saturated heterocycles.